The highest BCUT2D eigenvalue weighted by Crippen LogP contribution is 2.37. The van der Waals surface area contributed by atoms with Gasteiger partial charge in [0.2, 0.25) is 17.8 Å². The van der Waals surface area contributed by atoms with Crippen LogP contribution in [0.4, 0.5) is 30.9 Å². The number of nitrogens with zero attached hydrogens (tertiary/aromatic N) is 6. The van der Waals surface area contributed by atoms with E-state index in [9.17, 15) is 18.0 Å². The van der Waals surface area contributed by atoms with E-state index in [1.807, 2.05) is 9.80 Å². The molecular formula is C21H26F3N7O2. The van der Waals surface area contributed by atoms with E-state index in [1.165, 1.54) is 6.92 Å². The molecule has 0 atom stereocenters. The first kappa shape index (κ1) is 23.1. The fourth-order valence-corrected chi connectivity index (χ4v) is 3.91. The third-order valence-corrected chi connectivity index (χ3v) is 5.55. The average Bonchev–Trinajstić information content (AvgIpc) is 3.08. The Morgan fingerprint density at radius 1 is 0.970 bits per heavy atom. The molecule has 0 spiro atoms. The number of pyridine rings is 1. The van der Waals surface area contributed by atoms with Gasteiger partial charge in [0.25, 0.3) is 0 Å². The van der Waals surface area contributed by atoms with E-state index in [1.54, 1.807) is 0 Å². The second-order valence-electron chi connectivity index (χ2n) is 8.05. The largest absolute Gasteiger partial charge is 0.417 e. The minimum Gasteiger partial charge on any atom is -0.378 e. The smallest absolute Gasteiger partial charge is 0.378 e. The zero-order valence-electron chi connectivity index (χ0n) is 18.4. The maximum atomic E-state index is 14.0. The van der Waals surface area contributed by atoms with Gasteiger partial charge in [0.15, 0.2) is 5.82 Å². The van der Waals surface area contributed by atoms with Gasteiger partial charge in [0.1, 0.15) is 5.82 Å². The van der Waals surface area contributed by atoms with Crippen molar-refractivity contribution in [3.05, 3.63) is 17.8 Å². The molecule has 0 aliphatic carbocycles. The Bertz CT molecular complexity index is 988. The maximum Gasteiger partial charge on any atom is 0.417 e. The van der Waals surface area contributed by atoms with E-state index < -0.39 is 17.6 Å². The summed E-state index contributed by atoms with van der Waals surface area (Å²) in [5, 5.41) is 2.30. The Kier molecular flexibility index (Phi) is 6.91. The molecule has 1 N–H and O–H groups in total. The van der Waals surface area contributed by atoms with Crippen molar-refractivity contribution in [2.24, 2.45) is 0 Å². The Morgan fingerprint density at radius 3 is 2.15 bits per heavy atom. The number of hydrogen-bond acceptors (Lipinski definition) is 8. The predicted molar refractivity (Wildman–Crippen MR) is 116 cm³/mol. The molecule has 0 saturated carbocycles. The molecule has 12 heteroatoms. The van der Waals surface area contributed by atoms with Gasteiger partial charge in [-0.2, -0.15) is 28.1 Å². The number of rotatable bonds is 4. The molecule has 0 bridgehead atoms. The number of carbonyl (C=O) groups is 1. The normalized spacial score (nSPS) is 17.6. The number of ether oxygens (including phenoxy) is 1. The van der Waals surface area contributed by atoms with Crippen LogP contribution < -0.4 is 15.1 Å². The highest BCUT2D eigenvalue weighted by atomic mass is 19.4. The molecule has 33 heavy (non-hydrogen) atoms. The first-order chi connectivity index (χ1) is 15.8. The van der Waals surface area contributed by atoms with E-state index >= 15 is 0 Å². The van der Waals surface area contributed by atoms with Crippen LogP contribution in [0.2, 0.25) is 0 Å². The summed E-state index contributed by atoms with van der Waals surface area (Å²) in [4.78, 5) is 32.7. The second-order valence-corrected chi connectivity index (χ2v) is 8.05. The summed E-state index contributed by atoms with van der Waals surface area (Å²) in [6, 6.07) is 0.806. The molecule has 9 nitrogen and oxygen atoms in total. The lowest BCUT2D eigenvalue weighted by Gasteiger charge is -2.28. The van der Waals surface area contributed by atoms with Gasteiger partial charge in [0.05, 0.1) is 24.3 Å². The topological polar surface area (TPSA) is 96.4 Å². The zero-order chi connectivity index (χ0) is 23.4. The summed E-state index contributed by atoms with van der Waals surface area (Å²) < 4.78 is 47.3. The number of alkyl halides is 3. The lowest BCUT2D eigenvalue weighted by molar-refractivity contribution is -0.137. The predicted octanol–water partition coefficient (Wildman–Crippen LogP) is 3.13. The highest BCUT2D eigenvalue weighted by Gasteiger charge is 2.36. The molecule has 2 saturated heterocycles. The van der Waals surface area contributed by atoms with Crippen LogP contribution in [0.25, 0.3) is 11.4 Å². The van der Waals surface area contributed by atoms with Gasteiger partial charge in [-0.05, 0) is 18.9 Å². The maximum absolute atomic E-state index is 14.0. The van der Waals surface area contributed by atoms with Crippen LogP contribution in [0, 0.1) is 0 Å². The summed E-state index contributed by atoms with van der Waals surface area (Å²) >= 11 is 0. The van der Waals surface area contributed by atoms with Crippen LogP contribution in [-0.4, -0.2) is 65.2 Å². The quantitative estimate of drug-likeness (QED) is 0.736. The standard InChI is InChI=1S/C21H26F3N7O2/c1-14(32)26-17-12-16(21(22,23)24)15(13-25-17)18-27-19(30-6-4-2-3-5-7-30)29-20(28-18)31-8-10-33-11-9-31/h12-13H,2-11H2,1H3,(H,25,26,32). The molecule has 178 valence electrons. The van der Waals surface area contributed by atoms with Gasteiger partial charge in [-0.1, -0.05) is 12.8 Å². The third-order valence-electron chi connectivity index (χ3n) is 5.55. The fraction of sp³-hybridized carbons (Fsp3) is 0.571. The van der Waals surface area contributed by atoms with E-state index in [0.29, 0.717) is 38.2 Å². The number of carbonyl (C=O) groups excluding carboxylic acids is 1. The minimum atomic E-state index is -4.69. The third kappa shape index (κ3) is 5.67. The lowest BCUT2D eigenvalue weighted by Crippen LogP contribution is -2.38. The molecule has 0 unspecified atom stereocenters. The number of hydrogen-bond donors (Lipinski definition) is 1. The molecule has 4 rings (SSSR count). The van der Waals surface area contributed by atoms with Crippen LogP contribution in [0.3, 0.4) is 0 Å². The molecule has 0 aromatic carbocycles. The van der Waals surface area contributed by atoms with Gasteiger partial charge < -0.3 is 19.9 Å². The van der Waals surface area contributed by atoms with Crippen molar-refractivity contribution in [3.63, 3.8) is 0 Å². The van der Waals surface area contributed by atoms with Crippen molar-refractivity contribution in [2.75, 3.05) is 54.5 Å². The Hall–Kier alpha value is -3.02. The number of amides is 1. The second kappa shape index (κ2) is 9.86. The van der Waals surface area contributed by atoms with Crippen molar-refractivity contribution < 1.29 is 22.7 Å². The average molecular weight is 465 g/mol. The van der Waals surface area contributed by atoms with Gasteiger partial charge in [0, 0.05) is 39.3 Å². The Balaban J connectivity index is 1.81. The molecule has 2 aromatic rings. The van der Waals surface area contributed by atoms with Gasteiger partial charge in [-0.15, -0.1) is 0 Å². The monoisotopic (exact) mass is 465 g/mol. The number of aromatic nitrogens is 4. The number of morpholine rings is 1. The van der Waals surface area contributed by atoms with Gasteiger partial charge in [-0.25, -0.2) is 4.98 Å². The summed E-state index contributed by atoms with van der Waals surface area (Å²) in [6.07, 6.45) is 0.483. The molecular weight excluding hydrogens is 439 g/mol. The van der Waals surface area contributed by atoms with Crippen LogP contribution in [-0.2, 0) is 15.7 Å². The first-order valence-corrected chi connectivity index (χ1v) is 11.0. The van der Waals surface area contributed by atoms with E-state index in [-0.39, 0.29) is 17.2 Å². The van der Waals surface area contributed by atoms with Gasteiger partial charge >= 0.3 is 6.18 Å². The molecule has 1 amide bonds. The SMILES string of the molecule is CC(=O)Nc1cc(C(F)(F)F)c(-c2nc(N3CCCCCC3)nc(N3CCOCC3)n2)cn1. The number of halogens is 3. The first-order valence-electron chi connectivity index (χ1n) is 11.0. The van der Waals surface area contributed by atoms with Gasteiger partial charge in [-0.3, -0.25) is 4.79 Å². The summed E-state index contributed by atoms with van der Waals surface area (Å²) in [6.45, 7) is 4.72. The molecule has 2 aliphatic rings. The lowest BCUT2D eigenvalue weighted by atomic mass is 10.1. The Labute approximate surface area is 189 Å². The number of anilines is 3. The molecule has 2 aliphatic heterocycles. The summed E-state index contributed by atoms with van der Waals surface area (Å²) in [7, 11) is 0. The fourth-order valence-electron chi connectivity index (χ4n) is 3.91. The highest BCUT2D eigenvalue weighted by molar-refractivity contribution is 5.88. The van der Waals surface area contributed by atoms with Crippen LogP contribution >= 0.6 is 0 Å². The van der Waals surface area contributed by atoms with Crippen molar-refractivity contribution in [1.82, 2.24) is 19.9 Å². The van der Waals surface area contributed by atoms with Crippen LogP contribution in [0.1, 0.15) is 38.2 Å². The molecule has 2 fully saturated rings. The van der Waals surface area contributed by atoms with Crippen LogP contribution in [0.5, 0.6) is 0 Å². The van der Waals surface area contributed by atoms with E-state index in [0.717, 1.165) is 51.0 Å². The van der Waals surface area contributed by atoms with Crippen molar-refractivity contribution in [2.45, 2.75) is 38.8 Å². The summed E-state index contributed by atoms with van der Waals surface area (Å²) in [5.41, 5.74) is -1.23. The van der Waals surface area contributed by atoms with Crippen LogP contribution in [0.15, 0.2) is 12.3 Å². The van der Waals surface area contributed by atoms with E-state index in [2.05, 4.69) is 25.3 Å². The van der Waals surface area contributed by atoms with Crippen molar-refractivity contribution in [1.29, 1.82) is 0 Å². The number of nitrogens with one attached hydrogen (secondary N) is 1. The molecule has 0 radical (unpaired) electrons. The zero-order valence-corrected chi connectivity index (χ0v) is 18.4. The minimum absolute atomic E-state index is 0.0973. The van der Waals surface area contributed by atoms with E-state index in [4.69, 9.17) is 4.74 Å². The summed E-state index contributed by atoms with van der Waals surface area (Å²) in [5.74, 6) is -0.112. The Morgan fingerprint density at radius 2 is 1.58 bits per heavy atom. The van der Waals surface area contributed by atoms with Crippen molar-refractivity contribution >= 4 is 23.6 Å². The molecule has 2 aromatic heterocycles. The molecule has 4 heterocycles. The van der Waals surface area contributed by atoms with Crippen molar-refractivity contribution in [3.8, 4) is 11.4 Å².